The van der Waals surface area contributed by atoms with Gasteiger partial charge < -0.3 is 21.1 Å². The lowest BCUT2D eigenvalue weighted by atomic mass is 10.1. The fourth-order valence-corrected chi connectivity index (χ4v) is 4.07. The van der Waals surface area contributed by atoms with Crippen molar-refractivity contribution >= 4 is 34.8 Å². The Balaban J connectivity index is 1.66. The van der Waals surface area contributed by atoms with E-state index in [-0.39, 0.29) is 18.7 Å². The molecule has 0 radical (unpaired) electrons. The maximum absolute atomic E-state index is 14.7. The van der Waals surface area contributed by atoms with Crippen LogP contribution in [0.15, 0.2) is 36.4 Å². The molecular weight excluding hydrogens is 518 g/mol. The van der Waals surface area contributed by atoms with E-state index in [0.29, 0.717) is 48.1 Å². The van der Waals surface area contributed by atoms with Crippen LogP contribution in [-0.2, 0) is 11.3 Å². The maximum Gasteiger partial charge on any atom is 0.390 e. The molecule has 1 heterocycles. The second-order valence-electron chi connectivity index (χ2n) is 8.64. The molecular formula is C24H28ClF4N5O3. The van der Waals surface area contributed by atoms with E-state index in [1.807, 2.05) is 4.90 Å². The number of nitrogens with two attached hydrogens (primary N) is 1. The Bertz CT molecular complexity index is 1110. The van der Waals surface area contributed by atoms with Gasteiger partial charge in [0.05, 0.1) is 30.0 Å². The van der Waals surface area contributed by atoms with Crippen LogP contribution in [0.2, 0.25) is 5.02 Å². The van der Waals surface area contributed by atoms with E-state index in [2.05, 4.69) is 10.6 Å². The van der Waals surface area contributed by atoms with E-state index in [1.165, 1.54) is 12.1 Å². The molecule has 1 saturated heterocycles. The SMILES string of the molecule is NC(=O)C(CO)NCc1ccc(C(=O)Nc2ccc(Cl)cc2N2CCN(CCC(F)(F)F)CC2)c(F)c1. The van der Waals surface area contributed by atoms with Crippen LogP contribution in [0.1, 0.15) is 22.3 Å². The lowest BCUT2D eigenvalue weighted by Gasteiger charge is -2.37. The van der Waals surface area contributed by atoms with Crippen molar-refractivity contribution in [1.29, 1.82) is 0 Å². The third-order valence-electron chi connectivity index (χ3n) is 5.99. The molecule has 0 saturated carbocycles. The highest BCUT2D eigenvalue weighted by molar-refractivity contribution is 6.31. The van der Waals surface area contributed by atoms with Gasteiger partial charge in [-0.15, -0.1) is 0 Å². The fourth-order valence-electron chi connectivity index (χ4n) is 3.91. The molecule has 1 fully saturated rings. The minimum atomic E-state index is -4.21. The van der Waals surface area contributed by atoms with Crippen molar-refractivity contribution in [2.24, 2.45) is 5.73 Å². The van der Waals surface area contributed by atoms with Crippen molar-refractivity contribution in [3.05, 3.63) is 58.4 Å². The van der Waals surface area contributed by atoms with Crippen LogP contribution in [0.25, 0.3) is 0 Å². The second kappa shape index (κ2) is 12.5. The number of hydrogen-bond donors (Lipinski definition) is 4. The van der Waals surface area contributed by atoms with Gasteiger partial charge in [-0.1, -0.05) is 17.7 Å². The van der Waals surface area contributed by atoms with Crippen LogP contribution in [0.5, 0.6) is 0 Å². The van der Waals surface area contributed by atoms with Crippen LogP contribution in [0.3, 0.4) is 0 Å². The van der Waals surface area contributed by atoms with Crippen LogP contribution < -0.4 is 21.3 Å². The Morgan fingerprint density at radius 3 is 2.41 bits per heavy atom. The number of nitrogens with zero attached hydrogens (tertiary/aromatic N) is 2. The van der Waals surface area contributed by atoms with Gasteiger partial charge in [0.15, 0.2) is 0 Å². The number of hydrogen-bond acceptors (Lipinski definition) is 6. The molecule has 0 bridgehead atoms. The van der Waals surface area contributed by atoms with E-state index < -0.39 is 42.9 Å². The van der Waals surface area contributed by atoms with Crippen molar-refractivity contribution in [3.63, 3.8) is 0 Å². The molecule has 1 unspecified atom stereocenters. The molecule has 13 heteroatoms. The van der Waals surface area contributed by atoms with Crippen molar-refractivity contribution < 1.29 is 32.3 Å². The van der Waals surface area contributed by atoms with E-state index in [1.54, 1.807) is 23.1 Å². The topological polar surface area (TPSA) is 111 Å². The molecule has 0 aliphatic carbocycles. The molecule has 1 aliphatic heterocycles. The number of nitrogens with one attached hydrogen (secondary N) is 2. The summed E-state index contributed by atoms with van der Waals surface area (Å²) in [5.74, 6) is -2.24. The molecule has 2 amide bonds. The highest BCUT2D eigenvalue weighted by Gasteiger charge is 2.29. The number of amides is 2. The number of benzene rings is 2. The number of aliphatic hydroxyl groups is 1. The van der Waals surface area contributed by atoms with Gasteiger partial charge in [-0.05, 0) is 35.9 Å². The average molecular weight is 546 g/mol. The molecule has 2 aromatic rings. The summed E-state index contributed by atoms with van der Waals surface area (Å²) in [7, 11) is 0. The van der Waals surface area contributed by atoms with Crippen molar-refractivity contribution in [3.8, 4) is 0 Å². The molecule has 1 atom stereocenters. The highest BCUT2D eigenvalue weighted by atomic mass is 35.5. The molecule has 3 rings (SSSR count). The first-order valence-electron chi connectivity index (χ1n) is 11.5. The van der Waals surface area contributed by atoms with Crippen LogP contribution in [0, 0.1) is 5.82 Å². The Labute approximate surface area is 216 Å². The fraction of sp³-hybridized carbons (Fsp3) is 0.417. The Morgan fingerprint density at radius 2 is 1.81 bits per heavy atom. The Kier molecular flexibility index (Phi) is 9.71. The summed E-state index contributed by atoms with van der Waals surface area (Å²) in [6.45, 7) is 1.13. The van der Waals surface area contributed by atoms with Gasteiger partial charge in [-0.2, -0.15) is 13.2 Å². The quantitative estimate of drug-likeness (QED) is 0.342. The van der Waals surface area contributed by atoms with Gasteiger partial charge in [-0.3, -0.25) is 19.8 Å². The van der Waals surface area contributed by atoms with E-state index in [4.69, 9.17) is 22.4 Å². The lowest BCUT2D eigenvalue weighted by molar-refractivity contribution is -0.138. The summed E-state index contributed by atoms with van der Waals surface area (Å²) in [5, 5.41) is 14.9. The largest absolute Gasteiger partial charge is 0.394 e. The van der Waals surface area contributed by atoms with Crippen molar-refractivity contribution in [1.82, 2.24) is 10.2 Å². The van der Waals surface area contributed by atoms with Crippen molar-refractivity contribution in [2.45, 2.75) is 25.2 Å². The van der Waals surface area contributed by atoms with E-state index in [0.717, 1.165) is 6.07 Å². The number of anilines is 2. The molecule has 2 aromatic carbocycles. The van der Waals surface area contributed by atoms with Crippen molar-refractivity contribution in [2.75, 3.05) is 49.5 Å². The molecule has 37 heavy (non-hydrogen) atoms. The molecule has 0 aromatic heterocycles. The van der Waals surface area contributed by atoms with Crippen LogP contribution in [0.4, 0.5) is 28.9 Å². The molecule has 5 N–H and O–H groups in total. The van der Waals surface area contributed by atoms with Gasteiger partial charge in [-0.25, -0.2) is 4.39 Å². The third kappa shape index (κ3) is 8.29. The minimum absolute atomic E-state index is 0.0449. The lowest BCUT2D eigenvalue weighted by Crippen LogP contribution is -2.47. The van der Waals surface area contributed by atoms with Gasteiger partial charge in [0.2, 0.25) is 5.91 Å². The van der Waals surface area contributed by atoms with E-state index >= 15 is 0 Å². The summed E-state index contributed by atoms with van der Waals surface area (Å²) in [5.41, 5.74) is 6.34. The summed E-state index contributed by atoms with van der Waals surface area (Å²) in [6, 6.07) is 7.76. The van der Waals surface area contributed by atoms with Crippen LogP contribution in [-0.4, -0.2) is 73.4 Å². The standard InChI is InChI=1S/C24H28ClF4N5O3/c25-16-2-4-19(21(12-16)34-9-7-33(8-10-34)6-5-24(27,28)29)32-23(37)17-3-1-15(11-18(17)26)13-31-20(14-35)22(30)36/h1-4,11-12,20,31,35H,5-10,13-14H2,(H2,30,36)(H,32,37). The van der Waals surface area contributed by atoms with Gasteiger partial charge in [0, 0.05) is 44.3 Å². The number of halogens is 5. The monoisotopic (exact) mass is 545 g/mol. The molecule has 0 spiro atoms. The van der Waals surface area contributed by atoms with Gasteiger partial charge in [0.1, 0.15) is 11.9 Å². The van der Waals surface area contributed by atoms with E-state index in [9.17, 15) is 27.2 Å². The smallest absolute Gasteiger partial charge is 0.390 e. The Morgan fingerprint density at radius 1 is 1.11 bits per heavy atom. The molecule has 202 valence electrons. The zero-order valence-electron chi connectivity index (χ0n) is 19.8. The van der Waals surface area contributed by atoms with Gasteiger partial charge >= 0.3 is 6.18 Å². The number of rotatable bonds is 10. The normalized spacial score (nSPS) is 15.5. The van der Waals surface area contributed by atoms with Gasteiger partial charge in [0.25, 0.3) is 5.91 Å². The summed E-state index contributed by atoms with van der Waals surface area (Å²) in [4.78, 5) is 27.7. The number of alkyl halides is 3. The maximum atomic E-state index is 14.7. The molecule has 1 aliphatic rings. The average Bonchev–Trinajstić information content (AvgIpc) is 2.84. The summed E-state index contributed by atoms with van der Waals surface area (Å²) < 4.78 is 52.3. The third-order valence-corrected chi connectivity index (χ3v) is 6.22. The van der Waals surface area contributed by atoms with Crippen LogP contribution >= 0.6 is 11.6 Å². The zero-order valence-corrected chi connectivity index (χ0v) is 20.6. The first kappa shape index (κ1) is 28.6. The summed E-state index contributed by atoms with van der Waals surface area (Å²) >= 11 is 6.16. The number of primary amides is 1. The first-order chi connectivity index (χ1) is 17.5. The first-order valence-corrected chi connectivity index (χ1v) is 11.9. The Hall–Kier alpha value is -2.93. The molecule has 8 nitrogen and oxygen atoms in total. The number of carbonyl (C=O) groups is 2. The number of carbonyl (C=O) groups excluding carboxylic acids is 2. The summed E-state index contributed by atoms with van der Waals surface area (Å²) in [6.07, 6.45) is -5.09. The zero-order chi connectivity index (χ0) is 27.2. The predicted octanol–water partition coefficient (Wildman–Crippen LogP) is 2.74. The number of aliphatic hydroxyl groups excluding tert-OH is 1. The predicted molar refractivity (Wildman–Crippen MR) is 132 cm³/mol. The second-order valence-corrected chi connectivity index (χ2v) is 9.08. The minimum Gasteiger partial charge on any atom is -0.394 e. The number of piperazine rings is 1. The highest BCUT2D eigenvalue weighted by Crippen LogP contribution is 2.31.